The summed E-state index contributed by atoms with van der Waals surface area (Å²) in [6, 6.07) is 18.6. The van der Waals surface area contributed by atoms with Crippen LogP contribution in [0.4, 0.5) is 11.6 Å². The minimum Gasteiger partial charge on any atom is -0.307 e. The van der Waals surface area contributed by atoms with Gasteiger partial charge in [-0.2, -0.15) is 0 Å². The van der Waals surface area contributed by atoms with Crippen LogP contribution in [0, 0.1) is 0 Å². The molecular weight excluding hydrogens is 318 g/mol. The molecule has 1 aromatic heterocycles. The molecule has 0 fully saturated rings. The molecule has 1 unspecified atom stereocenters. The zero-order valence-electron chi connectivity index (χ0n) is 13.2. The molecule has 0 radical (unpaired) electrons. The fourth-order valence-electron chi connectivity index (χ4n) is 2.83. The van der Waals surface area contributed by atoms with E-state index in [0.29, 0.717) is 17.9 Å². The summed E-state index contributed by atoms with van der Waals surface area (Å²) in [6.45, 7) is 0.440. The van der Waals surface area contributed by atoms with Crippen LogP contribution in [-0.4, -0.2) is 26.8 Å². The Hall–Kier alpha value is -3.48. The van der Waals surface area contributed by atoms with Crippen LogP contribution in [-0.2, 0) is 16.1 Å². The van der Waals surface area contributed by atoms with Gasteiger partial charge < -0.3 is 10.6 Å². The topological polar surface area (TPSA) is 88.9 Å². The summed E-state index contributed by atoms with van der Waals surface area (Å²) < 4.78 is 1.57. The van der Waals surface area contributed by atoms with Crippen molar-refractivity contribution >= 4 is 23.5 Å². The van der Waals surface area contributed by atoms with Crippen molar-refractivity contribution < 1.29 is 9.59 Å². The molecule has 1 atom stereocenters. The molecule has 7 heteroatoms. The number of nitrogens with zero attached hydrogens (tertiary/aromatic N) is 3. The Bertz CT molecular complexity index is 921. The Labute approximate surface area is 143 Å². The van der Waals surface area contributed by atoms with Gasteiger partial charge in [0.1, 0.15) is 5.92 Å². The highest BCUT2D eigenvalue weighted by Crippen LogP contribution is 2.28. The maximum Gasteiger partial charge on any atom is 0.242 e. The highest BCUT2D eigenvalue weighted by atomic mass is 16.2. The Morgan fingerprint density at radius 2 is 1.52 bits per heavy atom. The van der Waals surface area contributed by atoms with Crippen LogP contribution in [0.1, 0.15) is 17.0 Å². The molecule has 4 rings (SSSR count). The first-order valence-electron chi connectivity index (χ1n) is 7.86. The van der Waals surface area contributed by atoms with Crippen LogP contribution in [0.5, 0.6) is 0 Å². The number of amides is 2. The third-order valence-corrected chi connectivity index (χ3v) is 4.05. The molecule has 3 aromatic rings. The SMILES string of the molecule is O=C1Nc2nnn(Cc3ccccc3)c2NC(=O)C1c1ccccc1. The van der Waals surface area contributed by atoms with Gasteiger partial charge in [0.15, 0.2) is 11.6 Å². The normalized spacial score (nSPS) is 16.6. The third-order valence-electron chi connectivity index (χ3n) is 4.05. The molecule has 0 saturated carbocycles. The zero-order chi connectivity index (χ0) is 17.2. The number of benzene rings is 2. The highest BCUT2D eigenvalue weighted by molar-refractivity contribution is 6.18. The van der Waals surface area contributed by atoms with E-state index in [-0.39, 0.29) is 5.82 Å². The molecule has 1 aliphatic rings. The van der Waals surface area contributed by atoms with Crippen LogP contribution in [0.15, 0.2) is 60.7 Å². The van der Waals surface area contributed by atoms with Gasteiger partial charge in [-0.05, 0) is 11.1 Å². The molecule has 2 aromatic carbocycles. The minimum absolute atomic E-state index is 0.257. The van der Waals surface area contributed by atoms with E-state index in [0.717, 1.165) is 5.56 Å². The molecule has 0 saturated heterocycles. The van der Waals surface area contributed by atoms with Gasteiger partial charge in [-0.15, -0.1) is 5.10 Å². The largest absolute Gasteiger partial charge is 0.307 e. The molecule has 0 aliphatic carbocycles. The van der Waals surface area contributed by atoms with Gasteiger partial charge in [-0.3, -0.25) is 9.59 Å². The minimum atomic E-state index is -0.930. The predicted molar refractivity (Wildman–Crippen MR) is 92.0 cm³/mol. The first-order chi connectivity index (χ1) is 12.2. The molecule has 7 nitrogen and oxygen atoms in total. The molecule has 25 heavy (non-hydrogen) atoms. The second-order valence-corrected chi connectivity index (χ2v) is 5.75. The Morgan fingerprint density at radius 1 is 0.880 bits per heavy atom. The fourth-order valence-corrected chi connectivity index (χ4v) is 2.83. The second kappa shape index (κ2) is 6.20. The van der Waals surface area contributed by atoms with Crippen molar-refractivity contribution in [2.45, 2.75) is 12.5 Å². The molecule has 0 bridgehead atoms. The maximum absolute atomic E-state index is 12.6. The van der Waals surface area contributed by atoms with Gasteiger partial charge in [-0.1, -0.05) is 65.9 Å². The van der Waals surface area contributed by atoms with Gasteiger partial charge >= 0.3 is 0 Å². The van der Waals surface area contributed by atoms with Crippen LogP contribution >= 0.6 is 0 Å². The zero-order valence-corrected chi connectivity index (χ0v) is 13.2. The predicted octanol–water partition coefficient (Wildman–Crippen LogP) is 2.00. The number of carbonyl (C=O) groups excluding carboxylic acids is 2. The lowest BCUT2D eigenvalue weighted by atomic mass is 9.97. The van der Waals surface area contributed by atoms with Gasteiger partial charge in [-0.25, -0.2) is 4.68 Å². The lowest BCUT2D eigenvalue weighted by Crippen LogP contribution is -2.29. The lowest BCUT2D eigenvalue weighted by molar-refractivity contribution is -0.125. The van der Waals surface area contributed by atoms with E-state index in [1.165, 1.54) is 0 Å². The monoisotopic (exact) mass is 333 g/mol. The summed E-state index contributed by atoms with van der Waals surface area (Å²) in [6.07, 6.45) is 0. The van der Waals surface area contributed by atoms with Crippen molar-refractivity contribution in [1.82, 2.24) is 15.0 Å². The van der Waals surface area contributed by atoms with Crippen LogP contribution in [0.3, 0.4) is 0 Å². The molecular formula is C18H15N5O2. The summed E-state index contributed by atoms with van der Waals surface area (Å²) >= 11 is 0. The van der Waals surface area contributed by atoms with E-state index in [2.05, 4.69) is 20.9 Å². The molecule has 2 heterocycles. The Balaban J connectivity index is 1.66. The van der Waals surface area contributed by atoms with Gasteiger partial charge in [0, 0.05) is 0 Å². The lowest BCUT2D eigenvalue weighted by Gasteiger charge is -2.12. The Morgan fingerprint density at radius 3 is 2.24 bits per heavy atom. The van der Waals surface area contributed by atoms with Gasteiger partial charge in [0.2, 0.25) is 11.8 Å². The van der Waals surface area contributed by atoms with Gasteiger partial charge in [0.05, 0.1) is 6.54 Å². The number of anilines is 2. The number of rotatable bonds is 3. The number of carbonyl (C=O) groups is 2. The molecule has 1 aliphatic heterocycles. The van der Waals surface area contributed by atoms with E-state index in [1.807, 2.05) is 36.4 Å². The van der Waals surface area contributed by atoms with Crippen molar-refractivity contribution in [3.05, 3.63) is 71.8 Å². The van der Waals surface area contributed by atoms with Gasteiger partial charge in [0.25, 0.3) is 0 Å². The molecule has 124 valence electrons. The quantitative estimate of drug-likeness (QED) is 0.718. The van der Waals surface area contributed by atoms with Crippen molar-refractivity contribution in [2.24, 2.45) is 0 Å². The van der Waals surface area contributed by atoms with E-state index in [4.69, 9.17) is 0 Å². The average Bonchev–Trinajstić information content (AvgIpc) is 2.92. The van der Waals surface area contributed by atoms with E-state index >= 15 is 0 Å². The van der Waals surface area contributed by atoms with Crippen LogP contribution < -0.4 is 10.6 Å². The molecule has 2 amide bonds. The van der Waals surface area contributed by atoms with Crippen molar-refractivity contribution in [2.75, 3.05) is 10.6 Å². The number of fused-ring (bicyclic) bond motifs is 1. The standard InChI is InChI=1S/C18H15N5O2/c24-17-14(13-9-5-2-6-10-13)18(25)20-16-15(19-17)21-22-23(16)11-12-7-3-1-4-8-12/h1-10,14H,11H2,(H,19,24)(H,20,25). The fraction of sp³-hybridized carbons (Fsp3) is 0.111. The van der Waals surface area contributed by atoms with Crippen molar-refractivity contribution in [3.63, 3.8) is 0 Å². The number of nitrogens with one attached hydrogen (secondary N) is 2. The average molecular weight is 333 g/mol. The molecule has 0 spiro atoms. The highest BCUT2D eigenvalue weighted by Gasteiger charge is 2.34. The number of hydrogen-bond acceptors (Lipinski definition) is 4. The summed E-state index contributed by atoms with van der Waals surface area (Å²) in [5.74, 6) is -1.11. The molecule has 2 N–H and O–H groups in total. The van der Waals surface area contributed by atoms with Crippen molar-refractivity contribution in [1.29, 1.82) is 0 Å². The van der Waals surface area contributed by atoms with Crippen LogP contribution in [0.25, 0.3) is 0 Å². The third kappa shape index (κ3) is 2.87. The smallest absolute Gasteiger partial charge is 0.242 e. The summed E-state index contributed by atoms with van der Waals surface area (Å²) in [7, 11) is 0. The van der Waals surface area contributed by atoms with Crippen LogP contribution in [0.2, 0.25) is 0 Å². The first-order valence-corrected chi connectivity index (χ1v) is 7.86. The first kappa shape index (κ1) is 15.1. The van der Waals surface area contributed by atoms with E-state index in [9.17, 15) is 9.59 Å². The second-order valence-electron chi connectivity index (χ2n) is 5.75. The van der Waals surface area contributed by atoms with Crippen molar-refractivity contribution in [3.8, 4) is 0 Å². The summed E-state index contributed by atoms with van der Waals surface area (Å²) in [5.41, 5.74) is 1.64. The summed E-state index contributed by atoms with van der Waals surface area (Å²) in [5, 5.41) is 13.5. The van der Waals surface area contributed by atoms with E-state index < -0.39 is 17.7 Å². The maximum atomic E-state index is 12.6. The number of hydrogen-bond donors (Lipinski definition) is 2. The number of aromatic nitrogens is 3. The Kier molecular flexibility index (Phi) is 3.74. The summed E-state index contributed by atoms with van der Waals surface area (Å²) in [4.78, 5) is 25.2. The van der Waals surface area contributed by atoms with E-state index in [1.54, 1.807) is 28.9 Å².